The van der Waals surface area contributed by atoms with Crippen LogP contribution in [0.3, 0.4) is 0 Å². The number of carbonyl (C=O) groups is 3. The minimum Gasteiger partial charge on any atom is -0.494 e. The molecule has 1 heterocycles. The molecule has 1 aliphatic carbocycles. The monoisotopic (exact) mass is 372 g/mol. The molecule has 0 unspecified atom stereocenters. The fourth-order valence-corrected chi connectivity index (χ4v) is 3.49. The molecule has 0 atom stereocenters. The number of hydrogen-bond acceptors (Lipinski definition) is 5. The number of ether oxygens (including phenoxy) is 2. The van der Waals surface area contributed by atoms with Gasteiger partial charge in [0.25, 0.3) is 11.8 Å². The number of rotatable bonds is 6. The zero-order valence-electron chi connectivity index (χ0n) is 15.6. The molecule has 2 fully saturated rings. The zero-order chi connectivity index (χ0) is 19.4. The number of imide groups is 2. The number of barbiturate groups is 1. The van der Waals surface area contributed by atoms with E-state index in [2.05, 4.69) is 5.32 Å². The van der Waals surface area contributed by atoms with Gasteiger partial charge in [-0.25, -0.2) is 4.79 Å². The van der Waals surface area contributed by atoms with Crippen molar-refractivity contribution in [2.75, 3.05) is 13.2 Å². The third-order valence-electron chi connectivity index (χ3n) is 4.72. The minimum absolute atomic E-state index is 0.0633. The molecule has 1 aromatic carbocycles. The molecule has 4 amide bonds. The summed E-state index contributed by atoms with van der Waals surface area (Å²) >= 11 is 0. The molecule has 1 aromatic rings. The lowest BCUT2D eigenvalue weighted by Crippen LogP contribution is -2.57. The lowest BCUT2D eigenvalue weighted by Gasteiger charge is -2.31. The van der Waals surface area contributed by atoms with Crippen molar-refractivity contribution in [2.45, 2.75) is 45.6 Å². The van der Waals surface area contributed by atoms with Crippen LogP contribution in [0.4, 0.5) is 4.79 Å². The van der Waals surface area contributed by atoms with Crippen molar-refractivity contribution >= 4 is 23.9 Å². The van der Waals surface area contributed by atoms with Crippen molar-refractivity contribution in [1.82, 2.24) is 10.2 Å². The van der Waals surface area contributed by atoms with E-state index < -0.39 is 17.8 Å². The fourth-order valence-electron chi connectivity index (χ4n) is 3.49. The molecular formula is C20H24N2O5. The summed E-state index contributed by atoms with van der Waals surface area (Å²) in [6, 6.07) is 4.43. The van der Waals surface area contributed by atoms with Crippen LogP contribution in [-0.2, 0) is 9.59 Å². The van der Waals surface area contributed by atoms with Gasteiger partial charge in [0.1, 0.15) is 17.1 Å². The summed E-state index contributed by atoms with van der Waals surface area (Å²) in [6.45, 7) is 4.68. The summed E-state index contributed by atoms with van der Waals surface area (Å²) in [7, 11) is 0. The van der Waals surface area contributed by atoms with Crippen molar-refractivity contribution in [3.63, 3.8) is 0 Å². The normalized spacial score (nSPS) is 19.6. The van der Waals surface area contributed by atoms with Gasteiger partial charge in [-0.15, -0.1) is 0 Å². The highest BCUT2D eigenvalue weighted by Gasteiger charge is 2.40. The van der Waals surface area contributed by atoms with Crippen LogP contribution < -0.4 is 14.8 Å². The predicted molar refractivity (Wildman–Crippen MR) is 99.4 cm³/mol. The Balaban J connectivity index is 1.95. The lowest BCUT2D eigenvalue weighted by molar-refractivity contribution is -0.131. The summed E-state index contributed by atoms with van der Waals surface area (Å²) in [5.74, 6) is -0.0753. The van der Waals surface area contributed by atoms with Gasteiger partial charge in [0.15, 0.2) is 0 Å². The van der Waals surface area contributed by atoms with Crippen molar-refractivity contribution in [3.05, 3.63) is 29.3 Å². The molecule has 0 radical (unpaired) electrons. The van der Waals surface area contributed by atoms with Gasteiger partial charge in [0, 0.05) is 17.7 Å². The second kappa shape index (κ2) is 8.24. The standard InChI is InChI=1S/C20H24N2O5/c1-3-26-15-10-9-13(17(12-15)27-4-2)11-16-18(23)21-20(25)22(19(16)24)14-7-5-6-8-14/h9-12,14H,3-8H2,1-2H3,(H,21,23,25)/b16-11+. The van der Waals surface area contributed by atoms with Crippen LogP contribution in [0.15, 0.2) is 23.8 Å². The van der Waals surface area contributed by atoms with E-state index in [0.29, 0.717) is 30.3 Å². The molecule has 144 valence electrons. The number of carbonyl (C=O) groups excluding carboxylic acids is 3. The first-order valence-electron chi connectivity index (χ1n) is 9.35. The van der Waals surface area contributed by atoms with E-state index in [-0.39, 0.29) is 11.6 Å². The van der Waals surface area contributed by atoms with Gasteiger partial charge in [0.05, 0.1) is 13.2 Å². The Kier molecular flexibility index (Phi) is 5.78. The van der Waals surface area contributed by atoms with E-state index in [0.717, 1.165) is 25.7 Å². The van der Waals surface area contributed by atoms with Crippen molar-refractivity contribution < 1.29 is 23.9 Å². The summed E-state index contributed by atoms with van der Waals surface area (Å²) in [5.41, 5.74) is 0.520. The third kappa shape index (κ3) is 3.97. The molecule has 1 saturated heterocycles. The van der Waals surface area contributed by atoms with E-state index in [1.165, 1.54) is 11.0 Å². The second-order valence-corrected chi connectivity index (χ2v) is 6.50. The average Bonchev–Trinajstić information content (AvgIpc) is 3.14. The maximum Gasteiger partial charge on any atom is 0.331 e. The molecule has 1 N–H and O–H groups in total. The Morgan fingerprint density at radius 3 is 2.48 bits per heavy atom. The summed E-state index contributed by atoms with van der Waals surface area (Å²) < 4.78 is 11.1. The van der Waals surface area contributed by atoms with Gasteiger partial charge in [-0.2, -0.15) is 0 Å². The van der Waals surface area contributed by atoms with Gasteiger partial charge < -0.3 is 9.47 Å². The zero-order valence-corrected chi connectivity index (χ0v) is 15.6. The maximum atomic E-state index is 12.9. The van der Waals surface area contributed by atoms with Crippen LogP contribution in [0.2, 0.25) is 0 Å². The minimum atomic E-state index is -0.685. The molecule has 1 saturated carbocycles. The van der Waals surface area contributed by atoms with Gasteiger partial charge >= 0.3 is 6.03 Å². The number of nitrogens with zero attached hydrogens (tertiary/aromatic N) is 1. The smallest absolute Gasteiger partial charge is 0.331 e. The van der Waals surface area contributed by atoms with E-state index in [4.69, 9.17) is 9.47 Å². The summed E-state index contributed by atoms with van der Waals surface area (Å²) in [4.78, 5) is 38.6. The molecule has 1 aliphatic heterocycles. The highest BCUT2D eigenvalue weighted by molar-refractivity contribution is 6.31. The molecule has 7 nitrogen and oxygen atoms in total. The molecule has 27 heavy (non-hydrogen) atoms. The van der Waals surface area contributed by atoms with Crippen molar-refractivity contribution in [1.29, 1.82) is 0 Å². The van der Waals surface area contributed by atoms with E-state index in [1.807, 2.05) is 13.8 Å². The van der Waals surface area contributed by atoms with Gasteiger partial charge in [0.2, 0.25) is 0 Å². The number of hydrogen-bond donors (Lipinski definition) is 1. The predicted octanol–water partition coefficient (Wildman–Crippen LogP) is 2.89. The summed E-state index contributed by atoms with van der Waals surface area (Å²) in [6.07, 6.45) is 4.97. The van der Waals surface area contributed by atoms with Crippen molar-refractivity contribution in [3.8, 4) is 11.5 Å². The average molecular weight is 372 g/mol. The Morgan fingerprint density at radius 2 is 1.81 bits per heavy atom. The lowest BCUT2D eigenvalue weighted by atomic mass is 10.0. The Morgan fingerprint density at radius 1 is 1.11 bits per heavy atom. The highest BCUT2D eigenvalue weighted by Crippen LogP contribution is 2.30. The molecule has 0 aromatic heterocycles. The number of amides is 4. The SMILES string of the molecule is CCOc1ccc(/C=C2\C(=O)NC(=O)N(C3CCCC3)C2=O)c(OCC)c1. The van der Waals surface area contributed by atoms with Gasteiger partial charge in [-0.3, -0.25) is 19.8 Å². The van der Waals surface area contributed by atoms with E-state index in [9.17, 15) is 14.4 Å². The van der Waals surface area contributed by atoms with E-state index >= 15 is 0 Å². The number of benzene rings is 1. The largest absolute Gasteiger partial charge is 0.494 e. The van der Waals surface area contributed by atoms with Gasteiger partial charge in [-0.1, -0.05) is 12.8 Å². The Hall–Kier alpha value is -2.83. The molecule has 3 rings (SSSR count). The van der Waals surface area contributed by atoms with Crippen LogP contribution in [0.1, 0.15) is 45.1 Å². The molecular weight excluding hydrogens is 348 g/mol. The molecule has 0 bridgehead atoms. The first kappa shape index (κ1) is 18.9. The highest BCUT2D eigenvalue weighted by atomic mass is 16.5. The van der Waals surface area contributed by atoms with Crippen LogP contribution in [-0.4, -0.2) is 42.0 Å². The Labute approximate surface area is 158 Å². The molecule has 0 spiro atoms. The first-order valence-corrected chi connectivity index (χ1v) is 9.35. The second-order valence-electron chi connectivity index (χ2n) is 6.50. The first-order chi connectivity index (χ1) is 13.0. The van der Waals surface area contributed by atoms with Crippen molar-refractivity contribution in [2.24, 2.45) is 0 Å². The molecule has 7 heteroatoms. The Bertz CT molecular complexity index is 781. The number of urea groups is 1. The summed E-state index contributed by atoms with van der Waals surface area (Å²) in [5, 5.41) is 2.28. The topological polar surface area (TPSA) is 84.9 Å². The fraction of sp³-hybridized carbons (Fsp3) is 0.450. The number of nitrogens with one attached hydrogen (secondary N) is 1. The van der Waals surface area contributed by atoms with E-state index in [1.54, 1.807) is 18.2 Å². The third-order valence-corrected chi connectivity index (χ3v) is 4.72. The van der Waals surface area contributed by atoms with Crippen LogP contribution in [0.25, 0.3) is 6.08 Å². The molecule has 2 aliphatic rings. The van der Waals surface area contributed by atoms with Gasteiger partial charge in [-0.05, 0) is 44.9 Å². The maximum absolute atomic E-state index is 12.9. The van der Waals surface area contributed by atoms with Crippen LogP contribution >= 0.6 is 0 Å². The van der Waals surface area contributed by atoms with Crippen LogP contribution in [0, 0.1) is 0 Å². The quantitative estimate of drug-likeness (QED) is 0.613. The van der Waals surface area contributed by atoms with Crippen LogP contribution in [0.5, 0.6) is 11.5 Å².